The zero-order valence-corrected chi connectivity index (χ0v) is 22.9. The molecular formula is C28H30N4O5S. The number of carbonyl (C=O) groups excluding carboxylic acids is 2. The number of ether oxygens (including phenoxy) is 2. The van der Waals surface area contributed by atoms with Gasteiger partial charge in [0.25, 0.3) is 0 Å². The molecule has 0 fully saturated rings. The molecule has 2 heterocycles. The fraction of sp³-hybridized carbons (Fsp3) is 0.286. The lowest BCUT2D eigenvalue weighted by Gasteiger charge is -2.24. The van der Waals surface area contributed by atoms with Crippen molar-refractivity contribution in [2.75, 3.05) is 25.2 Å². The lowest BCUT2D eigenvalue weighted by Crippen LogP contribution is -2.38. The number of pyridine rings is 1. The second-order valence-electron chi connectivity index (χ2n) is 8.87. The van der Waals surface area contributed by atoms with Crippen molar-refractivity contribution in [3.63, 3.8) is 0 Å². The van der Waals surface area contributed by atoms with Crippen LogP contribution in [0.2, 0.25) is 0 Å². The van der Waals surface area contributed by atoms with Gasteiger partial charge in [-0.1, -0.05) is 24.3 Å². The maximum absolute atomic E-state index is 14.1. The summed E-state index contributed by atoms with van der Waals surface area (Å²) in [5.41, 5.74) is 4.92. The normalized spacial score (nSPS) is 11.8. The Hall–Kier alpha value is -3.89. The molecule has 4 aromatic rings. The van der Waals surface area contributed by atoms with Gasteiger partial charge in [0.2, 0.25) is 0 Å². The molecule has 1 unspecified atom stereocenters. The number of benzene rings is 2. The number of methoxy groups -OCH3 is 1. The number of amides is 1. The Labute approximate surface area is 224 Å². The van der Waals surface area contributed by atoms with Crippen molar-refractivity contribution in [3.05, 3.63) is 77.1 Å². The van der Waals surface area contributed by atoms with Gasteiger partial charge in [0, 0.05) is 41.1 Å². The van der Waals surface area contributed by atoms with E-state index in [1.54, 1.807) is 31.5 Å². The third kappa shape index (κ3) is 5.66. The van der Waals surface area contributed by atoms with Gasteiger partial charge in [-0.25, -0.2) is 9.36 Å². The summed E-state index contributed by atoms with van der Waals surface area (Å²) in [7, 11) is 1.59. The van der Waals surface area contributed by atoms with Gasteiger partial charge in [-0.2, -0.15) is 4.98 Å². The molecular weight excluding hydrogens is 504 g/mol. The highest BCUT2D eigenvalue weighted by Gasteiger charge is 2.31. The van der Waals surface area contributed by atoms with Crippen molar-refractivity contribution in [1.82, 2.24) is 14.5 Å². The maximum atomic E-state index is 14.1. The summed E-state index contributed by atoms with van der Waals surface area (Å²) in [6.45, 7) is 7.13. The minimum atomic E-state index is -1.72. The number of rotatable bonds is 8. The average molecular weight is 535 g/mol. The highest BCUT2D eigenvalue weighted by Crippen LogP contribution is 2.29. The first-order valence-corrected chi connectivity index (χ1v) is 13.4. The predicted molar refractivity (Wildman–Crippen MR) is 146 cm³/mol. The molecule has 9 nitrogen and oxygen atoms in total. The lowest BCUT2D eigenvalue weighted by atomic mass is 10.1. The van der Waals surface area contributed by atoms with Gasteiger partial charge in [-0.3, -0.25) is 14.7 Å². The molecule has 1 amide bonds. The molecule has 0 saturated heterocycles. The van der Waals surface area contributed by atoms with Crippen LogP contribution in [-0.4, -0.2) is 51.3 Å². The number of hydrogen-bond donors (Lipinski definition) is 0. The number of aryl methyl sites for hydroxylation is 2. The monoisotopic (exact) mass is 534 g/mol. The number of nitrogens with zero attached hydrogens (tertiary/aromatic N) is 4. The van der Waals surface area contributed by atoms with E-state index in [2.05, 4.69) is 9.97 Å². The fourth-order valence-corrected chi connectivity index (χ4v) is 5.50. The van der Waals surface area contributed by atoms with Crippen LogP contribution in [0.25, 0.3) is 11.0 Å². The Morgan fingerprint density at radius 3 is 2.53 bits per heavy atom. The highest BCUT2D eigenvalue weighted by atomic mass is 32.2. The number of anilines is 1. The molecule has 2 aromatic carbocycles. The molecule has 0 aliphatic carbocycles. The van der Waals surface area contributed by atoms with Gasteiger partial charge in [0.15, 0.2) is 5.75 Å². The molecule has 0 aliphatic rings. The fourth-order valence-electron chi connectivity index (χ4n) is 4.26. The molecule has 198 valence electrons. The van der Waals surface area contributed by atoms with Crippen LogP contribution in [0.3, 0.4) is 0 Å². The van der Waals surface area contributed by atoms with Crippen LogP contribution < -0.4 is 9.64 Å². The van der Waals surface area contributed by atoms with E-state index in [1.165, 1.54) is 16.4 Å². The first kappa shape index (κ1) is 27.2. The van der Waals surface area contributed by atoms with Crippen molar-refractivity contribution in [3.8, 4) is 5.75 Å². The van der Waals surface area contributed by atoms with E-state index in [0.717, 1.165) is 16.7 Å². The van der Waals surface area contributed by atoms with Gasteiger partial charge in [-0.05, 0) is 50.6 Å². The second-order valence-corrected chi connectivity index (χ2v) is 10.2. The van der Waals surface area contributed by atoms with E-state index in [0.29, 0.717) is 28.2 Å². The Morgan fingerprint density at radius 1 is 1.11 bits per heavy atom. The molecule has 2 aromatic heterocycles. The van der Waals surface area contributed by atoms with Gasteiger partial charge < -0.3 is 14.0 Å². The SMILES string of the molecule is COc1c(C)cnc(C[S+]([O-])c2nc3cc(C)ccc3n2C(=O)N(CCOC(C)=O)c2ccccc2)c1C. The summed E-state index contributed by atoms with van der Waals surface area (Å²) >= 11 is -1.72. The van der Waals surface area contributed by atoms with E-state index >= 15 is 0 Å². The van der Waals surface area contributed by atoms with Crippen LogP contribution in [0, 0.1) is 20.8 Å². The molecule has 10 heteroatoms. The van der Waals surface area contributed by atoms with Gasteiger partial charge in [0.1, 0.15) is 12.4 Å². The molecule has 0 aliphatic heterocycles. The summed E-state index contributed by atoms with van der Waals surface area (Å²) in [4.78, 5) is 36.1. The first-order chi connectivity index (χ1) is 18.2. The van der Waals surface area contributed by atoms with E-state index in [1.807, 2.05) is 51.1 Å². The third-order valence-corrected chi connectivity index (χ3v) is 7.33. The quantitative estimate of drug-likeness (QED) is 0.238. The lowest BCUT2D eigenvalue weighted by molar-refractivity contribution is -0.140. The third-order valence-electron chi connectivity index (χ3n) is 6.11. The zero-order valence-electron chi connectivity index (χ0n) is 22.1. The molecule has 0 bridgehead atoms. The Morgan fingerprint density at radius 2 is 1.84 bits per heavy atom. The molecule has 0 radical (unpaired) electrons. The molecule has 0 N–H and O–H groups in total. The topological polar surface area (TPSA) is 110 Å². The number of fused-ring (bicyclic) bond motifs is 1. The number of para-hydroxylation sites is 1. The van der Waals surface area contributed by atoms with E-state index in [9.17, 15) is 14.1 Å². The Balaban J connectivity index is 1.78. The van der Waals surface area contributed by atoms with Crippen LogP contribution in [-0.2, 0) is 26.5 Å². The predicted octanol–water partition coefficient (Wildman–Crippen LogP) is 4.71. The maximum Gasteiger partial charge on any atom is 0.338 e. The summed E-state index contributed by atoms with van der Waals surface area (Å²) in [6.07, 6.45) is 1.68. The molecule has 38 heavy (non-hydrogen) atoms. The van der Waals surface area contributed by atoms with E-state index in [4.69, 9.17) is 9.47 Å². The largest absolute Gasteiger partial charge is 0.609 e. The number of aromatic nitrogens is 3. The van der Waals surface area contributed by atoms with Crippen molar-refractivity contribution >= 4 is 39.9 Å². The standard InChI is InChI=1S/C28H30N4O5S/c1-18-11-12-25-23(15-18)30-27(38(35)17-24-20(3)26(36-5)19(2)16-29-24)32(25)28(34)31(13-14-37-21(4)33)22-9-7-6-8-10-22/h6-12,15-16H,13-14,17H2,1-5H3. The van der Waals surface area contributed by atoms with E-state index in [-0.39, 0.29) is 24.1 Å². The molecule has 4 rings (SSSR count). The summed E-state index contributed by atoms with van der Waals surface area (Å²) in [5, 5.41) is 0.116. The van der Waals surface area contributed by atoms with Crippen LogP contribution in [0.5, 0.6) is 5.75 Å². The number of esters is 1. The number of imidazole rings is 1. The summed E-state index contributed by atoms with van der Waals surface area (Å²) in [5.74, 6) is 0.303. The summed E-state index contributed by atoms with van der Waals surface area (Å²) < 4.78 is 25.8. The van der Waals surface area contributed by atoms with Crippen LogP contribution >= 0.6 is 0 Å². The van der Waals surface area contributed by atoms with Crippen molar-refractivity contribution < 1.29 is 23.6 Å². The van der Waals surface area contributed by atoms with Gasteiger partial charge in [-0.15, -0.1) is 0 Å². The first-order valence-electron chi connectivity index (χ1n) is 12.1. The van der Waals surface area contributed by atoms with Gasteiger partial charge in [0.05, 0.1) is 30.4 Å². The smallest absolute Gasteiger partial charge is 0.338 e. The highest BCUT2D eigenvalue weighted by molar-refractivity contribution is 7.90. The second kappa shape index (κ2) is 11.7. The minimum absolute atomic E-state index is 0.00635. The number of carbonyl (C=O) groups is 2. The molecule has 1 atom stereocenters. The molecule has 0 spiro atoms. The Kier molecular flexibility index (Phi) is 8.33. The van der Waals surface area contributed by atoms with Crippen LogP contribution in [0.15, 0.2) is 59.9 Å². The van der Waals surface area contributed by atoms with Crippen molar-refractivity contribution in [2.24, 2.45) is 0 Å². The van der Waals surface area contributed by atoms with Gasteiger partial charge >= 0.3 is 17.2 Å². The van der Waals surface area contributed by atoms with Crippen molar-refractivity contribution in [2.45, 2.75) is 38.6 Å². The average Bonchev–Trinajstić information content (AvgIpc) is 3.27. The van der Waals surface area contributed by atoms with Crippen LogP contribution in [0.4, 0.5) is 10.5 Å². The minimum Gasteiger partial charge on any atom is -0.609 e. The van der Waals surface area contributed by atoms with Crippen LogP contribution in [0.1, 0.15) is 29.3 Å². The Bertz CT molecular complexity index is 1470. The number of hydrogen-bond acceptors (Lipinski definition) is 7. The van der Waals surface area contributed by atoms with Crippen molar-refractivity contribution in [1.29, 1.82) is 0 Å². The summed E-state index contributed by atoms with van der Waals surface area (Å²) in [6, 6.07) is 14.1. The van der Waals surface area contributed by atoms with E-state index < -0.39 is 23.2 Å². The zero-order chi connectivity index (χ0) is 27.4. The molecule has 0 saturated carbocycles.